The van der Waals surface area contributed by atoms with Crippen molar-refractivity contribution < 1.29 is 4.74 Å². The highest BCUT2D eigenvalue weighted by Crippen LogP contribution is 2.29. The molecule has 0 aromatic heterocycles. The molecule has 0 spiro atoms. The van der Waals surface area contributed by atoms with Crippen LogP contribution in [-0.4, -0.2) is 49.3 Å². The summed E-state index contributed by atoms with van der Waals surface area (Å²) in [4.78, 5) is 4.36. The first kappa shape index (κ1) is 19.6. The Kier molecular flexibility index (Phi) is 9.96. The van der Waals surface area contributed by atoms with Gasteiger partial charge in [0, 0.05) is 31.5 Å². The largest absolute Gasteiger partial charge is 0.378 e. The number of ether oxygens (including phenoxy) is 1. The number of hydrogen-bond donors (Lipinski definition) is 2. The minimum Gasteiger partial charge on any atom is -0.378 e. The second-order valence-corrected chi connectivity index (χ2v) is 7.83. The van der Waals surface area contributed by atoms with Crippen molar-refractivity contribution in [2.24, 2.45) is 10.9 Å². The predicted molar refractivity (Wildman–Crippen MR) is 98.9 cm³/mol. The number of nitrogens with one attached hydrogen (secondary N) is 2. The minimum absolute atomic E-state index is 0.326. The van der Waals surface area contributed by atoms with Crippen LogP contribution >= 0.6 is 11.8 Å². The molecular weight excluding hydrogens is 294 g/mol. The zero-order valence-corrected chi connectivity index (χ0v) is 15.8. The van der Waals surface area contributed by atoms with Gasteiger partial charge >= 0.3 is 0 Å². The summed E-state index contributed by atoms with van der Waals surface area (Å²) in [5.74, 6) is 2.71. The zero-order chi connectivity index (χ0) is 16.4. The molecule has 5 heteroatoms. The van der Waals surface area contributed by atoms with Gasteiger partial charge in [-0.1, -0.05) is 20.8 Å². The van der Waals surface area contributed by atoms with Crippen LogP contribution in [0.4, 0.5) is 0 Å². The van der Waals surface area contributed by atoms with Gasteiger partial charge in [-0.15, -0.1) is 0 Å². The summed E-state index contributed by atoms with van der Waals surface area (Å²) in [5, 5.41) is 7.84. The molecule has 0 bridgehead atoms. The van der Waals surface area contributed by atoms with Crippen molar-refractivity contribution >= 4 is 17.7 Å². The molecule has 0 radical (unpaired) electrons. The van der Waals surface area contributed by atoms with Crippen molar-refractivity contribution in [2.75, 3.05) is 26.0 Å². The molecule has 1 saturated carbocycles. The number of thioether (sulfide) groups is 1. The van der Waals surface area contributed by atoms with Crippen LogP contribution in [-0.2, 0) is 4.74 Å². The van der Waals surface area contributed by atoms with Gasteiger partial charge in [0.25, 0.3) is 0 Å². The average molecular weight is 330 g/mol. The summed E-state index contributed by atoms with van der Waals surface area (Å²) in [7, 11) is 1.85. The van der Waals surface area contributed by atoms with E-state index in [0.717, 1.165) is 30.8 Å². The van der Waals surface area contributed by atoms with E-state index in [0.29, 0.717) is 18.1 Å². The maximum Gasteiger partial charge on any atom is 0.191 e. The van der Waals surface area contributed by atoms with Crippen LogP contribution in [0.5, 0.6) is 0 Å². The van der Waals surface area contributed by atoms with Gasteiger partial charge in [0.15, 0.2) is 5.96 Å². The molecule has 22 heavy (non-hydrogen) atoms. The number of nitrogens with zero attached hydrogens (tertiary/aromatic N) is 1. The molecule has 0 aromatic rings. The number of guanidine groups is 1. The van der Waals surface area contributed by atoms with E-state index in [1.165, 1.54) is 25.0 Å². The SMILES string of the molecule is CCOC(CCNC(=NC)NC1CCC(SCC)C1)C(C)C. The van der Waals surface area contributed by atoms with E-state index in [1.54, 1.807) is 0 Å². The molecule has 130 valence electrons. The Labute approximate surface area is 141 Å². The van der Waals surface area contributed by atoms with Gasteiger partial charge < -0.3 is 15.4 Å². The zero-order valence-electron chi connectivity index (χ0n) is 15.0. The molecule has 0 aliphatic heterocycles. The van der Waals surface area contributed by atoms with Crippen molar-refractivity contribution in [3.8, 4) is 0 Å². The Morgan fingerprint density at radius 2 is 2.09 bits per heavy atom. The quantitative estimate of drug-likeness (QED) is 0.503. The molecule has 0 heterocycles. The first-order valence-corrected chi connectivity index (χ1v) is 9.85. The summed E-state index contributed by atoms with van der Waals surface area (Å²) >= 11 is 2.09. The highest BCUT2D eigenvalue weighted by molar-refractivity contribution is 7.99. The summed E-state index contributed by atoms with van der Waals surface area (Å²) in [6, 6.07) is 0.572. The van der Waals surface area contributed by atoms with Gasteiger partial charge in [0.05, 0.1) is 6.10 Å². The van der Waals surface area contributed by atoms with Gasteiger partial charge in [-0.3, -0.25) is 4.99 Å². The van der Waals surface area contributed by atoms with Crippen LogP contribution in [0.25, 0.3) is 0 Å². The predicted octanol–water partition coefficient (Wildman–Crippen LogP) is 3.28. The number of rotatable bonds is 9. The lowest BCUT2D eigenvalue weighted by Gasteiger charge is -2.22. The van der Waals surface area contributed by atoms with Crippen LogP contribution in [0.1, 0.15) is 53.4 Å². The van der Waals surface area contributed by atoms with E-state index in [4.69, 9.17) is 4.74 Å². The average Bonchev–Trinajstić information content (AvgIpc) is 2.92. The Bertz CT molecular complexity index is 323. The van der Waals surface area contributed by atoms with Crippen LogP contribution in [0.3, 0.4) is 0 Å². The van der Waals surface area contributed by atoms with Gasteiger partial charge in [-0.05, 0) is 44.3 Å². The second-order valence-electron chi connectivity index (χ2n) is 6.26. The first-order valence-electron chi connectivity index (χ1n) is 8.81. The van der Waals surface area contributed by atoms with Crippen LogP contribution in [0.2, 0.25) is 0 Å². The van der Waals surface area contributed by atoms with Gasteiger partial charge in [-0.25, -0.2) is 0 Å². The second kappa shape index (κ2) is 11.2. The van der Waals surface area contributed by atoms with E-state index in [1.807, 2.05) is 7.05 Å². The van der Waals surface area contributed by atoms with Crippen molar-refractivity contribution in [3.63, 3.8) is 0 Å². The molecule has 1 rings (SSSR count). The highest BCUT2D eigenvalue weighted by Gasteiger charge is 2.25. The molecule has 3 atom stereocenters. The lowest BCUT2D eigenvalue weighted by Crippen LogP contribution is -2.43. The van der Waals surface area contributed by atoms with Crippen molar-refractivity contribution in [1.29, 1.82) is 0 Å². The molecule has 1 fully saturated rings. The number of aliphatic imine (C=N–C) groups is 1. The Balaban J connectivity index is 2.28. The molecule has 0 saturated heterocycles. The van der Waals surface area contributed by atoms with Crippen LogP contribution < -0.4 is 10.6 Å². The fraction of sp³-hybridized carbons (Fsp3) is 0.941. The lowest BCUT2D eigenvalue weighted by atomic mass is 10.0. The molecule has 0 amide bonds. The van der Waals surface area contributed by atoms with Crippen molar-refractivity contribution in [1.82, 2.24) is 10.6 Å². The van der Waals surface area contributed by atoms with Crippen molar-refractivity contribution in [3.05, 3.63) is 0 Å². The Hall–Kier alpha value is -0.420. The van der Waals surface area contributed by atoms with E-state index in [-0.39, 0.29) is 0 Å². The molecule has 1 aliphatic carbocycles. The van der Waals surface area contributed by atoms with E-state index in [9.17, 15) is 0 Å². The molecule has 3 unspecified atom stereocenters. The third-order valence-corrected chi connectivity index (χ3v) is 5.43. The topological polar surface area (TPSA) is 45.6 Å². The Morgan fingerprint density at radius 3 is 2.68 bits per heavy atom. The van der Waals surface area contributed by atoms with Crippen molar-refractivity contribution in [2.45, 2.75) is 70.8 Å². The fourth-order valence-electron chi connectivity index (χ4n) is 3.00. The van der Waals surface area contributed by atoms with Gasteiger partial charge in [0.1, 0.15) is 0 Å². The molecule has 2 N–H and O–H groups in total. The van der Waals surface area contributed by atoms with E-state index in [2.05, 4.69) is 55.1 Å². The summed E-state index contributed by atoms with van der Waals surface area (Å²) in [6.45, 7) is 10.4. The monoisotopic (exact) mass is 329 g/mol. The lowest BCUT2D eigenvalue weighted by molar-refractivity contribution is 0.0258. The third kappa shape index (κ3) is 7.23. The maximum atomic E-state index is 5.79. The number of hydrogen-bond acceptors (Lipinski definition) is 3. The van der Waals surface area contributed by atoms with Crippen LogP contribution in [0.15, 0.2) is 4.99 Å². The van der Waals surface area contributed by atoms with Crippen LogP contribution in [0, 0.1) is 5.92 Å². The smallest absolute Gasteiger partial charge is 0.191 e. The highest BCUT2D eigenvalue weighted by atomic mass is 32.2. The third-order valence-electron chi connectivity index (χ3n) is 4.20. The maximum absolute atomic E-state index is 5.79. The first-order chi connectivity index (χ1) is 10.6. The Morgan fingerprint density at radius 1 is 1.32 bits per heavy atom. The molecule has 1 aliphatic rings. The van der Waals surface area contributed by atoms with Gasteiger partial charge in [-0.2, -0.15) is 11.8 Å². The fourth-order valence-corrected chi connectivity index (χ4v) is 4.14. The summed E-state index contributed by atoms with van der Waals surface area (Å²) < 4.78 is 5.79. The van der Waals surface area contributed by atoms with Gasteiger partial charge in [0.2, 0.25) is 0 Å². The van der Waals surface area contributed by atoms with E-state index >= 15 is 0 Å². The minimum atomic E-state index is 0.326. The molecule has 4 nitrogen and oxygen atoms in total. The summed E-state index contributed by atoms with van der Waals surface area (Å²) in [6.07, 6.45) is 5.18. The molecular formula is C17H35N3OS. The molecule has 0 aromatic carbocycles. The normalized spacial score (nSPS) is 23.8. The van der Waals surface area contributed by atoms with E-state index < -0.39 is 0 Å². The summed E-state index contributed by atoms with van der Waals surface area (Å²) in [5.41, 5.74) is 0. The standard InChI is InChI=1S/C17H35N3OS/c1-6-21-16(13(3)4)10-11-19-17(18-5)20-14-8-9-15(12-14)22-7-2/h13-16H,6-12H2,1-5H3,(H2,18,19,20).